The molecule has 2 aromatic rings. The van der Waals surface area contributed by atoms with Crippen LogP contribution in [0, 0.1) is 0 Å². The number of hydrogen-bond acceptors (Lipinski definition) is 3. The minimum absolute atomic E-state index is 0.0252. The van der Waals surface area contributed by atoms with Crippen LogP contribution >= 0.6 is 15.9 Å². The minimum Gasteiger partial charge on any atom is -0.475 e. The Morgan fingerprint density at radius 3 is 2.48 bits per heavy atom. The van der Waals surface area contributed by atoms with Crippen molar-refractivity contribution in [1.82, 2.24) is 9.80 Å². The van der Waals surface area contributed by atoms with Gasteiger partial charge in [-0.25, -0.2) is 0 Å². The molecule has 3 rings (SSSR count). The number of likely N-dealkylation sites (N-methyl/N-ethyl adjacent to an activating group) is 1. The van der Waals surface area contributed by atoms with Gasteiger partial charge in [-0.2, -0.15) is 0 Å². The predicted molar refractivity (Wildman–Crippen MR) is 103 cm³/mol. The van der Waals surface area contributed by atoms with Crippen LogP contribution in [0.5, 0.6) is 5.75 Å². The molecule has 0 radical (unpaired) electrons. The molecule has 0 spiro atoms. The van der Waals surface area contributed by atoms with Crippen molar-refractivity contribution < 1.29 is 9.53 Å². The molecule has 1 heterocycles. The molecule has 5 heteroatoms. The van der Waals surface area contributed by atoms with E-state index in [9.17, 15) is 4.79 Å². The van der Waals surface area contributed by atoms with Crippen LogP contribution in [-0.2, 0) is 4.79 Å². The van der Waals surface area contributed by atoms with Crippen LogP contribution in [0.15, 0.2) is 59.1 Å². The molecule has 4 nitrogen and oxygen atoms in total. The van der Waals surface area contributed by atoms with Crippen molar-refractivity contribution >= 4 is 21.8 Å². The lowest BCUT2D eigenvalue weighted by molar-refractivity contribution is -0.139. The molecule has 0 aliphatic carbocycles. The number of rotatable bonds is 4. The average molecular weight is 403 g/mol. The van der Waals surface area contributed by atoms with Gasteiger partial charge in [-0.15, -0.1) is 0 Å². The number of halogens is 1. The Balaban J connectivity index is 1.86. The number of para-hydroxylation sites is 1. The summed E-state index contributed by atoms with van der Waals surface area (Å²) in [4.78, 5) is 17.4. The molecule has 1 aliphatic rings. The Morgan fingerprint density at radius 2 is 1.72 bits per heavy atom. The highest BCUT2D eigenvalue weighted by Crippen LogP contribution is 2.30. The van der Waals surface area contributed by atoms with Crippen molar-refractivity contribution in [1.29, 1.82) is 0 Å². The summed E-state index contributed by atoms with van der Waals surface area (Å²) in [7, 11) is 2.10. The zero-order valence-corrected chi connectivity index (χ0v) is 16.0. The molecule has 1 amide bonds. The summed E-state index contributed by atoms with van der Waals surface area (Å²) in [5, 5.41) is 0. The van der Waals surface area contributed by atoms with Crippen molar-refractivity contribution in [3.8, 4) is 5.75 Å². The second kappa shape index (κ2) is 8.50. The first-order valence-corrected chi connectivity index (χ1v) is 9.38. The molecule has 1 atom stereocenters. The summed E-state index contributed by atoms with van der Waals surface area (Å²) >= 11 is 3.51. The Hall–Kier alpha value is -1.85. The van der Waals surface area contributed by atoms with E-state index < -0.39 is 6.10 Å². The molecular weight excluding hydrogens is 380 g/mol. The van der Waals surface area contributed by atoms with Crippen LogP contribution in [0.3, 0.4) is 0 Å². The SMILES string of the molecule is CN1CCCN(C(=O)C(Oc2ccccc2Br)c2ccccc2)CC1. The number of carbonyl (C=O) groups excluding carboxylic acids is 1. The van der Waals surface area contributed by atoms with E-state index in [0.29, 0.717) is 5.75 Å². The normalized spacial score (nSPS) is 17.0. The molecule has 132 valence electrons. The first-order chi connectivity index (χ1) is 12.1. The van der Waals surface area contributed by atoms with Crippen LogP contribution in [0.1, 0.15) is 18.1 Å². The van der Waals surface area contributed by atoms with Crippen LogP contribution < -0.4 is 4.74 Å². The van der Waals surface area contributed by atoms with Gasteiger partial charge < -0.3 is 14.5 Å². The van der Waals surface area contributed by atoms with E-state index in [1.807, 2.05) is 59.5 Å². The lowest BCUT2D eigenvalue weighted by atomic mass is 10.1. The van der Waals surface area contributed by atoms with E-state index in [0.717, 1.165) is 42.6 Å². The fourth-order valence-electron chi connectivity index (χ4n) is 2.99. The van der Waals surface area contributed by atoms with Gasteiger partial charge in [0.1, 0.15) is 5.75 Å². The van der Waals surface area contributed by atoms with Gasteiger partial charge >= 0.3 is 0 Å². The van der Waals surface area contributed by atoms with Crippen LogP contribution in [0.4, 0.5) is 0 Å². The summed E-state index contributed by atoms with van der Waals surface area (Å²) in [6, 6.07) is 17.4. The first kappa shape index (κ1) is 18.0. The fourth-order valence-corrected chi connectivity index (χ4v) is 3.37. The maximum atomic E-state index is 13.2. The summed E-state index contributed by atoms with van der Waals surface area (Å²) < 4.78 is 7.01. The second-order valence-electron chi connectivity index (χ2n) is 6.32. The van der Waals surface area contributed by atoms with Crippen molar-refractivity contribution in [2.75, 3.05) is 33.2 Å². The molecule has 0 N–H and O–H groups in total. The Labute approximate surface area is 157 Å². The molecule has 0 bridgehead atoms. The minimum atomic E-state index is -0.636. The number of benzene rings is 2. The van der Waals surface area contributed by atoms with Crippen LogP contribution in [0.25, 0.3) is 0 Å². The van der Waals surface area contributed by atoms with E-state index >= 15 is 0 Å². The van der Waals surface area contributed by atoms with Gasteiger partial charge in [-0.05, 0) is 48.1 Å². The summed E-state index contributed by atoms with van der Waals surface area (Å²) in [6.45, 7) is 3.41. The lowest BCUT2D eigenvalue weighted by Gasteiger charge is -2.27. The van der Waals surface area contributed by atoms with E-state index in [1.54, 1.807) is 0 Å². The predicted octanol–water partition coefficient (Wildman–Crippen LogP) is 3.73. The third-order valence-corrected chi connectivity index (χ3v) is 5.09. The molecule has 1 fully saturated rings. The smallest absolute Gasteiger partial charge is 0.268 e. The zero-order valence-electron chi connectivity index (χ0n) is 14.4. The topological polar surface area (TPSA) is 32.8 Å². The molecule has 1 saturated heterocycles. The summed E-state index contributed by atoms with van der Waals surface area (Å²) in [5.74, 6) is 0.703. The first-order valence-electron chi connectivity index (χ1n) is 8.58. The summed E-state index contributed by atoms with van der Waals surface area (Å²) in [6.07, 6.45) is 0.349. The molecule has 2 aromatic carbocycles. The van der Waals surface area contributed by atoms with Crippen LogP contribution in [-0.4, -0.2) is 48.9 Å². The van der Waals surface area contributed by atoms with Crippen molar-refractivity contribution in [2.45, 2.75) is 12.5 Å². The maximum Gasteiger partial charge on any atom is 0.268 e. The molecule has 0 saturated carbocycles. The largest absolute Gasteiger partial charge is 0.475 e. The highest BCUT2D eigenvalue weighted by molar-refractivity contribution is 9.10. The van der Waals surface area contributed by atoms with Gasteiger partial charge in [-0.3, -0.25) is 4.79 Å². The van der Waals surface area contributed by atoms with Gasteiger partial charge in [-0.1, -0.05) is 42.5 Å². The van der Waals surface area contributed by atoms with Crippen LogP contribution in [0.2, 0.25) is 0 Å². The number of hydrogen-bond donors (Lipinski definition) is 0. The second-order valence-corrected chi connectivity index (χ2v) is 7.18. The summed E-state index contributed by atoms with van der Waals surface area (Å²) in [5.41, 5.74) is 0.876. The van der Waals surface area contributed by atoms with E-state index in [4.69, 9.17) is 4.74 Å². The highest BCUT2D eigenvalue weighted by Gasteiger charge is 2.29. The Bertz CT molecular complexity index is 708. The number of ether oxygens (including phenoxy) is 1. The molecule has 25 heavy (non-hydrogen) atoms. The quantitative estimate of drug-likeness (QED) is 0.780. The Morgan fingerprint density at radius 1 is 1.00 bits per heavy atom. The van der Waals surface area contributed by atoms with Gasteiger partial charge in [0.05, 0.1) is 4.47 Å². The van der Waals surface area contributed by atoms with Crippen molar-refractivity contribution in [3.63, 3.8) is 0 Å². The molecule has 1 unspecified atom stereocenters. The van der Waals surface area contributed by atoms with E-state index in [1.165, 1.54) is 0 Å². The highest BCUT2D eigenvalue weighted by atomic mass is 79.9. The van der Waals surface area contributed by atoms with Gasteiger partial charge in [0.2, 0.25) is 6.10 Å². The maximum absolute atomic E-state index is 13.2. The van der Waals surface area contributed by atoms with Crippen molar-refractivity contribution in [2.24, 2.45) is 0 Å². The van der Waals surface area contributed by atoms with Gasteiger partial charge in [0, 0.05) is 25.2 Å². The number of carbonyl (C=O) groups is 1. The fraction of sp³-hybridized carbons (Fsp3) is 0.350. The van der Waals surface area contributed by atoms with Gasteiger partial charge in [0.25, 0.3) is 5.91 Å². The van der Waals surface area contributed by atoms with E-state index in [2.05, 4.69) is 27.9 Å². The van der Waals surface area contributed by atoms with E-state index in [-0.39, 0.29) is 5.91 Å². The Kier molecular flexibility index (Phi) is 6.10. The average Bonchev–Trinajstić information content (AvgIpc) is 2.86. The van der Waals surface area contributed by atoms with Gasteiger partial charge in [0.15, 0.2) is 0 Å². The number of nitrogens with zero attached hydrogens (tertiary/aromatic N) is 2. The monoisotopic (exact) mass is 402 g/mol. The third kappa shape index (κ3) is 4.61. The zero-order chi connectivity index (χ0) is 17.6. The molecule has 0 aromatic heterocycles. The lowest BCUT2D eigenvalue weighted by Crippen LogP contribution is -2.39. The molecular formula is C20H23BrN2O2. The molecule has 1 aliphatic heterocycles. The van der Waals surface area contributed by atoms with Crippen molar-refractivity contribution in [3.05, 3.63) is 64.6 Å². The number of amides is 1. The standard InChI is InChI=1S/C20H23BrN2O2/c1-22-12-7-13-23(15-14-22)20(24)19(16-8-3-2-4-9-16)25-18-11-6-5-10-17(18)21/h2-6,8-11,19H,7,12-15H2,1H3. The third-order valence-electron chi connectivity index (χ3n) is 4.44.